The Balaban J connectivity index is 1.56. The number of thioether (sulfide) groups is 1. The van der Waals surface area contributed by atoms with Gasteiger partial charge in [-0.25, -0.2) is 4.98 Å². The van der Waals surface area contributed by atoms with Crippen LogP contribution in [0.15, 0.2) is 33.6 Å². The molecule has 3 rings (SSSR count). The second-order valence-electron chi connectivity index (χ2n) is 7.28. The van der Waals surface area contributed by atoms with E-state index in [2.05, 4.69) is 20.1 Å². The normalized spacial score (nSPS) is 17.3. The molecule has 1 aromatic carbocycles. The number of nitrogens with one attached hydrogen (secondary N) is 1. The number of para-hydroxylation sites is 1. The molecule has 1 aromatic heterocycles. The van der Waals surface area contributed by atoms with Crippen LogP contribution in [0.1, 0.15) is 30.7 Å². The van der Waals surface area contributed by atoms with Crippen LogP contribution in [0.3, 0.4) is 0 Å². The summed E-state index contributed by atoms with van der Waals surface area (Å²) < 4.78 is 5.73. The van der Waals surface area contributed by atoms with Gasteiger partial charge in [0.15, 0.2) is 0 Å². The highest BCUT2D eigenvalue weighted by Gasteiger charge is 2.25. The van der Waals surface area contributed by atoms with Crippen LogP contribution in [0, 0.1) is 13.8 Å². The largest absolute Gasteiger partial charge is 0.444 e. The Morgan fingerprint density at radius 3 is 2.75 bits per heavy atom. The number of hydrogen-bond acceptors (Lipinski definition) is 6. The first-order valence-corrected chi connectivity index (χ1v) is 11.0. The van der Waals surface area contributed by atoms with E-state index in [1.54, 1.807) is 11.8 Å². The Morgan fingerprint density at radius 1 is 1.25 bits per heavy atom. The maximum Gasteiger partial charge on any atom is 0.241 e. The molecule has 0 aliphatic carbocycles. The lowest BCUT2D eigenvalue weighted by atomic mass is 10.2. The maximum atomic E-state index is 12.8. The van der Waals surface area contributed by atoms with E-state index >= 15 is 0 Å². The molecule has 28 heavy (non-hydrogen) atoms. The summed E-state index contributed by atoms with van der Waals surface area (Å²) >= 11 is 1.64. The molecule has 152 valence electrons. The van der Waals surface area contributed by atoms with E-state index in [0.717, 1.165) is 67.1 Å². The lowest BCUT2D eigenvalue weighted by molar-refractivity contribution is -0.120. The van der Waals surface area contributed by atoms with Crippen molar-refractivity contribution in [2.75, 3.05) is 37.8 Å². The molecule has 2 heterocycles. The van der Waals surface area contributed by atoms with Crippen molar-refractivity contribution in [1.29, 1.82) is 0 Å². The highest BCUT2D eigenvalue weighted by atomic mass is 32.2. The molecular weight excluding hydrogens is 372 g/mol. The van der Waals surface area contributed by atoms with Gasteiger partial charge in [0.25, 0.3) is 0 Å². The Kier molecular flexibility index (Phi) is 7.15. The molecule has 1 atom stereocenters. The van der Waals surface area contributed by atoms with Gasteiger partial charge < -0.3 is 9.73 Å². The number of oxazole rings is 1. The number of carbonyl (C=O) groups excluding carboxylic acids is 1. The third-order valence-electron chi connectivity index (χ3n) is 5.35. The van der Waals surface area contributed by atoms with Crippen LogP contribution >= 0.6 is 11.8 Å². The van der Waals surface area contributed by atoms with E-state index in [4.69, 9.17) is 4.42 Å². The average Bonchev–Trinajstić information content (AvgIpc) is 2.86. The van der Waals surface area contributed by atoms with Gasteiger partial charge in [0, 0.05) is 24.5 Å². The molecule has 0 bridgehead atoms. The number of benzene rings is 1. The molecule has 1 saturated heterocycles. The highest BCUT2D eigenvalue weighted by Crippen LogP contribution is 2.25. The van der Waals surface area contributed by atoms with Gasteiger partial charge in [-0.15, -0.1) is 11.8 Å². The van der Waals surface area contributed by atoms with Crippen LogP contribution < -0.4 is 5.32 Å². The number of rotatable bonds is 6. The molecule has 1 aliphatic heterocycles. The van der Waals surface area contributed by atoms with Crippen molar-refractivity contribution in [3.05, 3.63) is 41.6 Å². The molecule has 1 unspecified atom stereocenters. The summed E-state index contributed by atoms with van der Waals surface area (Å²) in [5.74, 6) is 1.72. The smallest absolute Gasteiger partial charge is 0.241 e. The van der Waals surface area contributed by atoms with Crippen molar-refractivity contribution in [3.8, 4) is 0 Å². The highest BCUT2D eigenvalue weighted by molar-refractivity contribution is 7.98. The van der Waals surface area contributed by atoms with Gasteiger partial charge >= 0.3 is 0 Å². The summed E-state index contributed by atoms with van der Waals surface area (Å²) in [4.78, 5) is 23.0. The zero-order chi connectivity index (χ0) is 20.1. The Hall–Kier alpha value is -1.83. The number of hydrogen-bond donors (Lipinski definition) is 1. The van der Waals surface area contributed by atoms with Gasteiger partial charge in [-0.1, -0.05) is 12.1 Å². The number of carbonyl (C=O) groups is 1. The minimum atomic E-state index is -0.166. The standard InChI is InChI=1S/C21H30N4O2S/c1-15-17(3)27-20(22-15)14-24-10-7-11-25(13-12-24)16(2)21(26)23-18-8-5-6-9-19(18)28-4/h5-6,8-9,16H,7,10-14H2,1-4H3,(H,23,26). The fourth-order valence-electron chi connectivity index (χ4n) is 3.49. The van der Waals surface area contributed by atoms with Crippen LogP contribution in [-0.2, 0) is 11.3 Å². The van der Waals surface area contributed by atoms with Gasteiger partial charge in [-0.2, -0.15) is 0 Å². The number of amides is 1. The Morgan fingerprint density at radius 2 is 2.04 bits per heavy atom. The minimum Gasteiger partial charge on any atom is -0.444 e. The van der Waals surface area contributed by atoms with E-state index in [-0.39, 0.29) is 11.9 Å². The summed E-state index contributed by atoms with van der Waals surface area (Å²) in [5.41, 5.74) is 1.85. The topological polar surface area (TPSA) is 61.6 Å². The third-order valence-corrected chi connectivity index (χ3v) is 6.14. The molecule has 1 amide bonds. The van der Waals surface area contributed by atoms with Crippen molar-refractivity contribution in [2.45, 2.75) is 44.7 Å². The molecule has 1 fully saturated rings. The zero-order valence-corrected chi connectivity index (χ0v) is 18.0. The van der Waals surface area contributed by atoms with Crippen LogP contribution in [-0.4, -0.2) is 59.2 Å². The number of anilines is 1. The van der Waals surface area contributed by atoms with Crippen LogP contribution in [0.2, 0.25) is 0 Å². The van der Waals surface area contributed by atoms with Crippen molar-refractivity contribution in [1.82, 2.24) is 14.8 Å². The SMILES string of the molecule is CSc1ccccc1NC(=O)C(C)N1CCCN(Cc2nc(C)c(C)o2)CC1. The molecular formula is C21H30N4O2S. The predicted octanol–water partition coefficient (Wildman–Crippen LogP) is 3.55. The Bertz CT molecular complexity index is 788. The molecule has 2 aromatic rings. The molecule has 7 heteroatoms. The average molecular weight is 403 g/mol. The summed E-state index contributed by atoms with van der Waals surface area (Å²) in [7, 11) is 0. The number of aryl methyl sites for hydroxylation is 2. The monoisotopic (exact) mass is 402 g/mol. The van der Waals surface area contributed by atoms with Crippen molar-refractivity contribution >= 4 is 23.4 Å². The minimum absolute atomic E-state index is 0.0499. The predicted molar refractivity (Wildman–Crippen MR) is 114 cm³/mol. The third kappa shape index (κ3) is 5.16. The molecule has 6 nitrogen and oxygen atoms in total. The fraction of sp³-hybridized carbons (Fsp3) is 0.524. The molecule has 0 radical (unpaired) electrons. The molecule has 1 aliphatic rings. The summed E-state index contributed by atoms with van der Waals surface area (Å²) in [6.07, 6.45) is 3.05. The van der Waals surface area contributed by atoms with Gasteiger partial charge in [-0.3, -0.25) is 14.6 Å². The van der Waals surface area contributed by atoms with E-state index < -0.39 is 0 Å². The van der Waals surface area contributed by atoms with Crippen molar-refractivity contribution < 1.29 is 9.21 Å². The van der Waals surface area contributed by atoms with Gasteiger partial charge in [0.1, 0.15) is 5.76 Å². The van der Waals surface area contributed by atoms with Crippen LogP contribution in [0.4, 0.5) is 5.69 Å². The Labute approximate surface area is 171 Å². The lowest BCUT2D eigenvalue weighted by Crippen LogP contribution is -2.43. The van der Waals surface area contributed by atoms with Crippen molar-refractivity contribution in [2.24, 2.45) is 0 Å². The summed E-state index contributed by atoms with van der Waals surface area (Å²) in [6.45, 7) is 10.3. The first-order valence-electron chi connectivity index (χ1n) is 9.81. The number of nitrogens with zero attached hydrogens (tertiary/aromatic N) is 3. The maximum absolute atomic E-state index is 12.8. The van der Waals surface area contributed by atoms with Crippen LogP contribution in [0.5, 0.6) is 0 Å². The van der Waals surface area contributed by atoms with E-state index in [1.165, 1.54) is 0 Å². The lowest BCUT2D eigenvalue weighted by Gasteiger charge is -2.27. The first-order chi connectivity index (χ1) is 13.5. The molecule has 1 N–H and O–H groups in total. The first kappa shape index (κ1) is 20.9. The van der Waals surface area contributed by atoms with Crippen molar-refractivity contribution in [3.63, 3.8) is 0 Å². The summed E-state index contributed by atoms with van der Waals surface area (Å²) in [6, 6.07) is 7.77. The zero-order valence-electron chi connectivity index (χ0n) is 17.2. The second kappa shape index (κ2) is 9.58. The molecule has 0 spiro atoms. The fourth-order valence-corrected chi connectivity index (χ4v) is 4.04. The second-order valence-corrected chi connectivity index (χ2v) is 8.13. The quantitative estimate of drug-likeness (QED) is 0.746. The number of aromatic nitrogens is 1. The van der Waals surface area contributed by atoms with E-state index in [1.807, 2.05) is 51.3 Å². The van der Waals surface area contributed by atoms with Gasteiger partial charge in [0.2, 0.25) is 11.8 Å². The molecule has 0 saturated carbocycles. The van der Waals surface area contributed by atoms with Crippen LogP contribution in [0.25, 0.3) is 0 Å². The van der Waals surface area contributed by atoms with E-state index in [9.17, 15) is 4.79 Å². The van der Waals surface area contributed by atoms with E-state index in [0.29, 0.717) is 0 Å². The van der Waals surface area contributed by atoms with Gasteiger partial charge in [-0.05, 0) is 52.1 Å². The van der Waals surface area contributed by atoms with Gasteiger partial charge in [0.05, 0.1) is 24.0 Å². The summed E-state index contributed by atoms with van der Waals surface area (Å²) in [5, 5.41) is 3.10.